The van der Waals surface area contributed by atoms with Gasteiger partial charge in [0.1, 0.15) is 24.1 Å². The molecule has 0 amide bonds. The van der Waals surface area contributed by atoms with Gasteiger partial charge < -0.3 is 20.7 Å². The molecule has 1 aliphatic heterocycles. The second-order valence-corrected chi connectivity index (χ2v) is 7.77. The van der Waals surface area contributed by atoms with Crippen LogP contribution in [0.3, 0.4) is 0 Å². The third kappa shape index (κ3) is 3.27. The molecular formula is C18H21N5O3S. The largest absolute Gasteiger partial charge is 0.387 e. The fraction of sp³-hybridized carbons (Fsp3) is 0.389. The van der Waals surface area contributed by atoms with E-state index in [9.17, 15) is 10.2 Å². The Labute approximate surface area is 160 Å². The number of hydrogen-bond donors (Lipinski definition) is 3. The van der Waals surface area contributed by atoms with Crippen molar-refractivity contribution in [3.63, 3.8) is 0 Å². The SMILES string of the molecule is Cc1ccc(C)c(SC[C@H]2O[C@@H](n3cnc4c(N)ncnc43)[C@H](O)[C@@H]2O)c1. The molecule has 0 unspecified atom stereocenters. The van der Waals surface area contributed by atoms with Gasteiger partial charge in [0, 0.05) is 10.6 Å². The van der Waals surface area contributed by atoms with Crippen molar-refractivity contribution in [2.24, 2.45) is 0 Å². The molecule has 4 atom stereocenters. The molecule has 1 aliphatic rings. The first-order valence-corrected chi connectivity index (χ1v) is 9.59. The fourth-order valence-electron chi connectivity index (χ4n) is 3.19. The second-order valence-electron chi connectivity index (χ2n) is 6.71. The van der Waals surface area contributed by atoms with Crippen molar-refractivity contribution in [1.29, 1.82) is 0 Å². The number of aliphatic hydroxyl groups excluding tert-OH is 2. The van der Waals surface area contributed by atoms with Crippen molar-refractivity contribution >= 4 is 28.7 Å². The van der Waals surface area contributed by atoms with Crippen molar-refractivity contribution in [3.8, 4) is 0 Å². The standard InChI is InChI=1S/C18H21N5O3S/c1-9-3-4-10(2)12(5-9)27-6-11-14(24)15(25)18(26-11)23-8-22-13-16(19)20-7-21-17(13)23/h3-5,7-8,11,14-15,18,24-25H,6H2,1-2H3,(H2,19,20,21)/t11-,14-,15-,18-/m1/s1. The Bertz CT molecular complexity index is 979. The summed E-state index contributed by atoms with van der Waals surface area (Å²) < 4.78 is 7.56. The van der Waals surface area contributed by atoms with Gasteiger partial charge in [0.15, 0.2) is 17.7 Å². The quantitative estimate of drug-likeness (QED) is 0.575. The molecule has 27 heavy (non-hydrogen) atoms. The summed E-state index contributed by atoms with van der Waals surface area (Å²) in [4.78, 5) is 13.4. The van der Waals surface area contributed by atoms with Gasteiger partial charge in [-0.3, -0.25) is 4.57 Å². The van der Waals surface area contributed by atoms with Crippen LogP contribution in [0.2, 0.25) is 0 Å². The van der Waals surface area contributed by atoms with Gasteiger partial charge in [0.05, 0.1) is 12.4 Å². The Morgan fingerprint density at radius 1 is 1.19 bits per heavy atom. The highest BCUT2D eigenvalue weighted by Gasteiger charge is 2.44. The number of thioether (sulfide) groups is 1. The van der Waals surface area contributed by atoms with Gasteiger partial charge in [-0.2, -0.15) is 0 Å². The number of imidazole rings is 1. The van der Waals surface area contributed by atoms with Crippen molar-refractivity contribution in [2.75, 3.05) is 11.5 Å². The van der Waals surface area contributed by atoms with Crippen molar-refractivity contribution in [3.05, 3.63) is 42.0 Å². The Hall–Kier alpha value is -2.20. The zero-order valence-corrected chi connectivity index (χ0v) is 15.8. The molecule has 3 heterocycles. The van der Waals surface area contributed by atoms with E-state index in [0.717, 1.165) is 4.90 Å². The van der Waals surface area contributed by atoms with E-state index in [2.05, 4.69) is 33.2 Å². The van der Waals surface area contributed by atoms with Crippen LogP contribution in [0.5, 0.6) is 0 Å². The first kappa shape index (κ1) is 18.2. The zero-order valence-electron chi connectivity index (χ0n) is 15.0. The topological polar surface area (TPSA) is 119 Å². The van der Waals surface area contributed by atoms with Gasteiger partial charge in [-0.1, -0.05) is 17.7 Å². The van der Waals surface area contributed by atoms with Gasteiger partial charge in [0.25, 0.3) is 0 Å². The lowest BCUT2D eigenvalue weighted by Crippen LogP contribution is -2.32. The normalized spacial score (nSPS) is 25.3. The Morgan fingerprint density at radius 2 is 2.00 bits per heavy atom. The summed E-state index contributed by atoms with van der Waals surface area (Å²) in [5, 5.41) is 21.0. The maximum absolute atomic E-state index is 10.5. The number of hydrogen-bond acceptors (Lipinski definition) is 8. The number of fused-ring (bicyclic) bond motifs is 1. The minimum absolute atomic E-state index is 0.258. The molecule has 0 spiro atoms. The van der Waals surface area contributed by atoms with E-state index in [1.807, 2.05) is 13.8 Å². The van der Waals surface area contributed by atoms with Crippen LogP contribution in [-0.2, 0) is 4.74 Å². The molecule has 0 saturated carbocycles. The minimum Gasteiger partial charge on any atom is -0.387 e. The van der Waals surface area contributed by atoms with Gasteiger partial charge in [-0.15, -0.1) is 11.8 Å². The molecule has 1 fully saturated rings. The predicted octanol–water partition coefficient (Wildman–Crippen LogP) is 1.44. The van der Waals surface area contributed by atoms with Crippen LogP contribution < -0.4 is 5.73 Å². The summed E-state index contributed by atoms with van der Waals surface area (Å²) in [6, 6.07) is 6.25. The maximum atomic E-state index is 10.5. The van der Waals surface area contributed by atoms with Crippen LogP contribution in [0, 0.1) is 13.8 Å². The van der Waals surface area contributed by atoms with E-state index in [1.165, 1.54) is 23.8 Å². The first-order valence-electron chi connectivity index (χ1n) is 8.60. The third-order valence-corrected chi connectivity index (χ3v) is 5.99. The predicted molar refractivity (Wildman–Crippen MR) is 102 cm³/mol. The van der Waals surface area contributed by atoms with Crippen LogP contribution in [0.1, 0.15) is 17.4 Å². The van der Waals surface area contributed by atoms with Crippen molar-refractivity contribution in [2.45, 2.75) is 43.3 Å². The average molecular weight is 387 g/mol. The van der Waals surface area contributed by atoms with E-state index in [4.69, 9.17) is 10.5 Å². The maximum Gasteiger partial charge on any atom is 0.167 e. The van der Waals surface area contributed by atoms with E-state index < -0.39 is 24.5 Å². The number of ether oxygens (including phenoxy) is 1. The molecule has 8 nitrogen and oxygen atoms in total. The molecule has 142 valence electrons. The van der Waals surface area contributed by atoms with Crippen LogP contribution in [0.15, 0.2) is 35.7 Å². The highest BCUT2D eigenvalue weighted by Crippen LogP contribution is 2.35. The number of aromatic nitrogens is 4. The smallest absolute Gasteiger partial charge is 0.167 e. The molecule has 4 N–H and O–H groups in total. The minimum atomic E-state index is -1.09. The number of nitrogens with two attached hydrogens (primary N) is 1. The number of nitrogens with zero attached hydrogens (tertiary/aromatic N) is 4. The second kappa shape index (κ2) is 7.08. The third-order valence-electron chi connectivity index (χ3n) is 4.75. The summed E-state index contributed by atoms with van der Waals surface area (Å²) in [7, 11) is 0. The van der Waals surface area contributed by atoms with Crippen LogP contribution in [0.25, 0.3) is 11.2 Å². The lowest BCUT2D eigenvalue weighted by atomic mass is 10.1. The summed E-state index contributed by atoms with van der Waals surface area (Å²) in [5.41, 5.74) is 9.06. The molecule has 1 aromatic carbocycles. The van der Waals surface area contributed by atoms with Gasteiger partial charge >= 0.3 is 0 Å². The lowest BCUT2D eigenvalue weighted by Gasteiger charge is -2.16. The van der Waals surface area contributed by atoms with E-state index in [0.29, 0.717) is 16.9 Å². The molecule has 9 heteroatoms. The Kier molecular flexibility index (Phi) is 4.77. The molecule has 0 bridgehead atoms. The molecule has 4 rings (SSSR count). The van der Waals surface area contributed by atoms with Crippen LogP contribution in [-0.4, -0.2) is 53.8 Å². The van der Waals surface area contributed by atoms with E-state index in [1.54, 1.807) is 16.3 Å². The Morgan fingerprint density at radius 3 is 2.81 bits per heavy atom. The summed E-state index contributed by atoms with van der Waals surface area (Å²) in [6.45, 7) is 4.09. The van der Waals surface area contributed by atoms with Gasteiger partial charge in [-0.25, -0.2) is 15.0 Å². The number of anilines is 1. The van der Waals surface area contributed by atoms with E-state index in [-0.39, 0.29) is 5.82 Å². The number of aryl methyl sites for hydroxylation is 2. The number of rotatable bonds is 4. The Balaban J connectivity index is 1.54. The van der Waals surface area contributed by atoms with Crippen LogP contribution in [0.4, 0.5) is 5.82 Å². The molecule has 1 saturated heterocycles. The molecular weight excluding hydrogens is 366 g/mol. The summed E-state index contributed by atoms with van der Waals surface area (Å²) in [5.74, 6) is 0.775. The lowest BCUT2D eigenvalue weighted by molar-refractivity contribution is -0.0289. The number of benzene rings is 1. The van der Waals surface area contributed by atoms with Crippen LogP contribution >= 0.6 is 11.8 Å². The number of nitrogen functional groups attached to an aromatic ring is 1. The fourth-order valence-corrected chi connectivity index (χ4v) is 4.37. The summed E-state index contributed by atoms with van der Waals surface area (Å²) >= 11 is 1.60. The average Bonchev–Trinajstić information content (AvgIpc) is 3.19. The summed E-state index contributed by atoms with van der Waals surface area (Å²) in [6.07, 6.45) is -0.583. The van der Waals surface area contributed by atoms with Gasteiger partial charge in [-0.05, 0) is 25.5 Å². The zero-order chi connectivity index (χ0) is 19.1. The van der Waals surface area contributed by atoms with Crippen molar-refractivity contribution < 1.29 is 14.9 Å². The number of aliphatic hydroxyl groups is 2. The highest BCUT2D eigenvalue weighted by molar-refractivity contribution is 7.99. The van der Waals surface area contributed by atoms with Crippen molar-refractivity contribution in [1.82, 2.24) is 19.5 Å². The monoisotopic (exact) mass is 387 g/mol. The molecule has 0 radical (unpaired) electrons. The van der Waals surface area contributed by atoms with Gasteiger partial charge in [0.2, 0.25) is 0 Å². The first-order chi connectivity index (χ1) is 13.0. The molecule has 3 aromatic rings. The highest BCUT2D eigenvalue weighted by atomic mass is 32.2. The molecule has 0 aliphatic carbocycles. The van der Waals surface area contributed by atoms with E-state index >= 15 is 0 Å². The molecule has 2 aromatic heterocycles.